The zero-order chi connectivity index (χ0) is 22.0. The number of aliphatic hydroxyl groups excluding tert-OH is 3. The molecule has 2 saturated heterocycles. The number of likely N-dealkylation sites (tertiary alicyclic amines) is 1. The first kappa shape index (κ1) is 21.5. The molecule has 5 atom stereocenters. The van der Waals surface area contributed by atoms with Crippen molar-refractivity contribution in [1.82, 2.24) is 29.4 Å². The van der Waals surface area contributed by atoms with Crippen molar-refractivity contribution in [1.29, 1.82) is 0 Å². The summed E-state index contributed by atoms with van der Waals surface area (Å²) in [5.74, 6) is 0.218. The molecule has 5 heterocycles. The Morgan fingerprint density at radius 1 is 1.23 bits per heavy atom. The molecule has 11 heteroatoms. The number of aromatic nitrogens is 5. The van der Waals surface area contributed by atoms with E-state index in [9.17, 15) is 10.2 Å². The van der Waals surface area contributed by atoms with Crippen molar-refractivity contribution in [3.05, 3.63) is 42.7 Å². The van der Waals surface area contributed by atoms with Gasteiger partial charge in [0, 0.05) is 18.4 Å². The van der Waals surface area contributed by atoms with Gasteiger partial charge in [-0.3, -0.25) is 14.5 Å². The Labute approximate surface area is 179 Å². The van der Waals surface area contributed by atoms with Crippen LogP contribution >= 0.6 is 0 Å². The molecule has 0 amide bonds. The van der Waals surface area contributed by atoms with Crippen LogP contribution in [0, 0.1) is 0 Å². The molecule has 2 aliphatic heterocycles. The minimum absolute atomic E-state index is 0.218. The van der Waals surface area contributed by atoms with Crippen LogP contribution in [-0.4, -0.2) is 83.2 Å². The van der Waals surface area contributed by atoms with Crippen LogP contribution in [0.25, 0.3) is 11.2 Å². The van der Waals surface area contributed by atoms with Gasteiger partial charge in [-0.15, -0.1) is 0 Å². The molecule has 0 spiro atoms. The normalized spacial score (nSPS) is 28.6. The number of ether oxygens (including phenoxy) is 1. The third-order valence-electron chi connectivity index (χ3n) is 5.77. The first-order valence-electron chi connectivity index (χ1n) is 10.2. The van der Waals surface area contributed by atoms with Gasteiger partial charge in [0.25, 0.3) is 0 Å². The van der Waals surface area contributed by atoms with Crippen molar-refractivity contribution >= 4 is 17.0 Å². The second-order valence-corrected chi connectivity index (χ2v) is 7.74. The summed E-state index contributed by atoms with van der Waals surface area (Å²) in [5.41, 5.74) is 7.80. The quantitative estimate of drug-likeness (QED) is 0.442. The number of anilines is 1. The minimum Gasteiger partial charge on any atom is -0.394 e. The largest absolute Gasteiger partial charge is 0.394 e. The van der Waals surface area contributed by atoms with Gasteiger partial charge in [-0.25, -0.2) is 15.0 Å². The number of hydrogen-bond acceptors (Lipinski definition) is 10. The summed E-state index contributed by atoms with van der Waals surface area (Å²) < 4.78 is 6.85. The molecule has 2 aliphatic rings. The maximum absolute atomic E-state index is 9.95. The first-order chi connectivity index (χ1) is 15.0. The predicted molar refractivity (Wildman–Crippen MR) is 112 cm³/mol. The highest BCUT2D eigenvalue weighted by Gasteiger charge is 2.43. The molecule has 166 valence electrons. The Balaban J connectivity index is 0.000000166. The number of rotatable bonds is 3. The van der Waals surface area contributed by atoms with E-state index in [2.05, 4.69) is 37.9 Å². The summed E-state index contributed by atoms with van der Waals surface area (Å²) >= 11 is 0. The highest BCUT2D eigenvalue weighted by Crippen LogP contribution is 2.31. The van der Waals surface area contributed by atoms with E-state index in [1.54, 1.807) is 0 Å². The second kappa shape index (κ2) is 9.20. The van der Waals surface area contributed by atoms with E-state index in [0.717, 1.165) is 0 Å². The molecule has 0 bridgehead atoms. The smallest absolute Gasteiger partial charge is 0.167 e. The number of aliphatic hydroxyl groups is 3. The van der Waals surface area contributed by atoms with Gasteiger partial charge >= 0.3 is 0 Å². The maximum atomic E-state index is 9.95. The van der Waals surface area contributed by atoms with Crippen LogP contribution in [0.5, 0.6) is 0 Å². The summed E-state index contributed by atoms with van der Waals surface area (Å²) in [5, 5.41) is 28.7. The fraction of sp³-hybridized carbons (Fsp3) is 0.500. The molecule has 5 rings (SSSR count). The Morgan fingerprint density at radius 3 is 2.71 bits per heavy atom. The minimum atomic E-state index is -1.19. The lowest BCUT2D eigenvalue weighted by Crippen LogP contribution is -2.33. The van der Waals surface area contributed by atoms with Crippen molar-refractivity contribution in [2.45, 2.75) is 43.4 Å². The molecule has 1 unspecified atom stereocenters. The number of imidazole rings is 1. The molecule has 11 nitrogen and oxygen atoms in total. The molecule has 2 fully saturated rings. The molecule has 31 heavy (non-hydrogen) atoms. The fourth-order valence-corrected chi connectivity index (χ4v) is 4.07. The van der Waals surface area contributed by atoms with Gasteiger partial charge in [0.05, 0.1) is 12.9 Å². The number of fused-ring (bicyclic) bond motifs is 1. The standard InChI is InChI=1S/C10H13N5O4.C10H14N2/c11-8-5-9(13-2-12-8)15(3-14-5)10-7(18)6(17)4(1-16)19-10;1-12-7-3-5-10(12)9-4-2-6-11-8-9/h2-4,6-7,10,16-18H,1H2,(H2,11,12,13);2,4,6,8,10H,3,5,7H2,1H3/t4-,6-,7-,10-;/m1./s1. The van der Waals surface area contributed by atoms with E-state index in [1.807, 2.05) is 18.5 Å². The van der Waals surface area contributed by atoms with Gasteiger partial charge in [-0.1, -0.05) is 6.07 Å². The fourth-order valence-electron chi connectivity index (χ4n) is 4.07. The topological polar surface area (TPSA) is 156 Å². The van der Waals surface area contributed by atoms with Gasteiger partial charge in [-0.05, 0) is 38.1 Å². The zero-order valence-corrected chi connectivity index (χ0v) is 17.2. The highest BCUT2D eigenvalue weighted by atomic mass is 16.6. The Kier molecular flexibility index (Phi) is 6.39. The lowest BCUT2D eigenvalue weighted by atomic mass is 10.1. The number of hydrogen-bond donors (Lipinski definition) is 4. The van der Waals surface area contributed by atoms with Crippen molar-refractivity contribution < 1.29 is 20.1 Å². The first-order valence-corrected chi connectivity index (χ1v) is 10.2. The van der Waals surface area contributed by atoms with Crippen LogP contribution < -0.4 is 5.73 Å². The van der Waals surface area contributed by atoms with Gasteiger partial charge in [-0.2, -0.15) is 0 Å². The predicted octanol–water partition coefficient (Wildman–Crippen LogP) is -0.132. The monoisotopic (exact) mass is 429 g/mol. The number of pyridine rings is 1. The summed E-state index contributed by atoms with van der Waals surface area (Å²) in [4.78, 5) is 18.4. The van der Waals surface area contributed by atoms with Crippen molar-refractivity contribution in [3.63, 3.8) is 0 Å². The number of nitrogens with two attached hydrogens (primary N) is 1. The summed E-state index contributed by atoms with van der Waals surface area (Å²) in [7, 11) is 2.19. The van der Waals surface area contributed by atoms with Crippen molar-refractivity contribution in [2.24, 2.45) is 0 Å². The number of nitrogens with zero attached hydrogens (tertiary/aromatic N) is 6. The molecule has 0 radical (unpaired) electrons. The van der Waals surface area contributed by atoms with E-state index in [1.165, 1.54) is 42.2 Å². The molecule has 0 aromatic carbocycles. The second-order valence-electron chi connectivity index (χ2n) is 7.74. The molecule has 5 N–H and O–H groups in total. The van der Waals surface area contributed by atoms with E-state index in [4.69, 9.17) is 15.6 Å². The van der Waals surface area contributed by atoms with Crippen molar-refractivity contribution in [2.75, 3.05) is 25.9 Å². The average molecular weight is 429 g/mol. The lowest BCUT2D eigenvalue weighted by molar-refractivity contribution is -0.0511. The summed E-state index contributed by atoms with van der Waals surface area (Å²) in [6, 6.07) is 4.79. The zero-order valence-electron chi connectivity index (χ0n) is 17.2. The van der Waals surface area contributed by atoms with E-state index in [-0.39, 0.29) is 5.82 Å². The Hall–Kier alpha value is -2.70. The van der Waals surface area contributed by atoms with Crippen LogP contribution in [0.15, 0.2) is 37.2 Å². The number of nitrogen functional groups attached to an aromatic ring is 1. The van der Waals surface area contributed by atoms with Gasteiger partial charge in [0.15, 0.2) is 17.7 Å². The molecule has 0 saturated carbocycles. The molecule has 0 aliphatic carbocycles. The summed E-state index contributed by atoms with van der Waals surface area (Å²) in [6.07, 6.45) is 4.98. The maximum Gasteiger partial charge on any atom is 0.167 e. The Bertz CT molecular complexity index is 1000. The van der Waals surface area contributed by atoms with Crippen LogP contribution in [0.3, 0.4) is 0 Å². The molecular formula is C20H27N7O4. The van der Waals surface area contributed by atoms with Crippen molar-refractivity contribution in [3.8, 4) is 0 Å². The molecule has 3 aromatic heterocycles. The van der Waals surface area contributed by atoms with Crippen LogP contribution in [0.1, 0.15) is 30.7 Å². The van der Waals surface area contributed by atoms with Crippen LogP contribution in [0.2, 0.25) is 0 Å². The van der Waals surface area contributed by atoms with Gasteiger partial charge in [0.2, 0.25) is 0 Å². The third-order valence-corrected chi connectivity index (χ3v) is 5.77. The highest BCUT2D eigenvalue weighted by molar-refractivity contribution is 5.81. The molecular weight excluding hydrogens is 402 g/mol. The average Bonchev–Trinajstić information content (AvgIpc) is 3.48. The van der Waals surface area contributed by atoms with Gasteiger partial charge in [0.1, 0.15) is 30.2 Å². The Morgan fingerprint density at radius 2 is 2.06 bits per heavy atom. The van der Waals surface area contributed by atoms with E-state index < -0.39 is 31.1 Å². The van der Waals surface area contributed by atoms with E-state index in [0.29, 0.717) is 17.2 Å². The lowest BCUT2D eigenvalue weighted by Gasteiger charge is -2.18. The SMILES string of the molecule is CN1CCCC1c1cccnc1.Nc1ncnc2c1ncn2[C@@H]1O[C@H](CO)[C@@H](O)[C@H]1O. The van der Waals surface area contributed by atoms with Crippen LogP contribution in [-0.2, 0) is 4.74 Å². The third kappa shape index (κ3) is 4.23. The molecule has 3 aromatic rings. The van der Waals surface area contributed by atoms with Crippen LogP contribution in [0.4, 0.5) is 5.82 Å². The summed E-state index contributed by atoms with van der Waals surface area (Å²) in [6.45, 7) is 0.831. The van der Waals surface area contributed by atoms with E-state index >= 15 is 0 Å². The van der Waals surface area contributed by atoms with Gasteiger partial charge < -0.3 is 25.8 Å².